The molecule has 0 spiro atoms. The molecule has 1 N–H and O–H groups in total. The van der Waals surface area contributed by atoms with Crippen molar-refractivity contribution in [3.05, 3.63) is 39.9 Å². The van der Waals surface area contributed by atoms with Gasteiger partial charge in [-0.05, 0) is 18.9 Å². The molecule has 0 aliphatic heterocycles. The molecular weight excluding hydrogens is 276 g/mol. The molecule has 0 aromatic heterocycles. The molecule has 1 aromatic rings. The normalized spacial score (nSPS) is 11.8. The van der Waals surface area contributed by atoms with Crippen molar-refractivity contribution in [3.8, 4) is 0 Å². The molecule has 0 saturated carbocycles. The summed E-state index contributed by atoms with van der Waals surface area (Å²) < 4.78 is 4.90. The van der Waals surface area contributed by atoms with Gasteiger partial charge in [0.15, 0.2) is 0 Å². The average molecular weight is 294 g/mol. The molecule has 0 bridgehead atoms. The van der Waals surface area contributed by atoms with Crippen LogP contribution in [0.4, 0.5) is 5.69 Å². The minimum Gasteiger partial charge on any atom is -0.464 e. The molecule has 1 unspecified atom stereocenters. The molecule has 7 heteroatoms. The second kappa shape index (κ2) is 7.37. The zero-order valence-electron chi connectivity index (χ0n) is 12.2. The smallest absolute Gasteiger partial charge is 0.328 e. The van der Waals surface area contributed by atoms with Crippen molar-refractivity contribution in [2.24, 2.45) is 5.92 Å². The van der Waals surface area contributed by atoms with Gasteiger partial charge in [0.1, 0.15) is 6.04 Å². The van der Waals surface area contributed by atoms with E-state index >= 15 is 0 Å². The van der Waals surface area contributed by atoms with E-state index in [0.717, 1.165) is 6.07 Å². The largest absolute Gasteiger partial charge is 0.464 e. The van der Waals surface area contributed by atoms with Crippen molar-refractivity contribution in [1.82, 2.24) is 5.32 Å². The van der Waals surface area contributed by atoms with Crippen LogP contribution in [0.5, 0.6) is 0 Å². The minimum absolute atomic E-state index is 0.124. The van der Waals surface area contributed by atoms with Crippen molar-refractivity contribution >= 4 is 17.6 Å². The van der Waals surface area contributed by atoms with Crippen LogP contribution in [0.2, 0.25) is 0 Å². The molecule has 0 aliphatic carbocycles. The lowest BCUT2D eigenvalue weighted by molar-refractivity contribution is -0.384. The Morgan fingerprint density at radius 3 is 2.57 bits per heavy atom. The van der Waals surface area contributed by atoms with E-state index in [1.165, 1.54) is 18.2 Å². The molecule has 7 nitrogen and oxygen atoms in total. The maximum Gasteiger partial charge on any atom is 0.328 e. The summed E-state index contributed by atoms with van der Waals surface area (Å²) in [5, 5.41) is 13.2. The molecule has 0 heterocycles. The predicted octanol–water partition coefficient (Wildman–Crippen LogP) is 1.91. The van der Waals surface area contributed by atoms with Crippen LogP contribution in [-0.4, -0.2) is 29.4 Å². The lowest BCUT2D eigenvalue weighted by Crippen LogP contribution is -2.45. The van der Waals surface area contributed by atoms with Gasteiger partial charge in [0.05, 0.1) is 11.5 Å². The van der Waals surface area contributed by atoms with E-state index in [4.69, 9.17) is 4.74 Å². The van der Waals surface area contributed by atoms with E-state index in [1.54, 1.807) is 20.8 Å². The van der Waals surface area contributed by atoms with Crippen LogP contribution in [-0.2, 0) is 9.53 Å². The zero-order chi connectivity index (χ0) is 16.0. The number of carbonyl (C=O) groups is 2. The van der Waals surface area contributed by atoms with Gasteiger partial charge in [-0.1, -0.05) is 19.9 Å². The molecule has 1 atom stereocenters. The SMILES string of the molecule is CCOC(=O)C(NC(=O)c1cccc([N+](=O)[O-])c1)C(C)C. The fourth-order valence-corrected chi connectivity index (χ4v) is 1.72. The maximum absolute atomic E-state index is 12.1. The summed E-state index contributed by atoms with van der Waals surface area (Å²) in [5.74, 6) is -1.23. The van der Waals surface area contributed by atoms with Gasteiger partial charge in [0, 0.05) is 17.7 Å². The number of non-ortho nitro benzene ring substituents is 1. The molecule has 1 amide bonds. The third-order valence-electron chi connectivity index (χ3n) is 2.81. The van der Waals surface area contributed by atoms with Gasteiger partial charge < -0.3 is 10.1 Å². The Labute approximate surface area is 122 Å². The van der Waals surface area contributed by atoms with Crippen LogP contribution in [0.1, 0.15) is 31.1 Å². The van der Waals surface area contributed by atoms with Crippen molar-refractivity contribution in [1.29, 1.82) is 0 Å². The summed E-state index contributed by atoms with van der Waals surface area (Å²) in [7, 11) is 0. The van der Waals surface area contributed by atoms with E-state index in [1.807, 2.05) is 0 Å². The highest BCUT2D eigenvalue weighted by atomic mass is 16.6. The number of carbonyl (C=O) groups excluding carboxylic acids is 2. The molecule has 21 heavy (non-hydrogen) atoms. The Bertz CT molecular complexity index is 542. The Kier molecular flexibility index (Phi) is 5.83. The predicted molar refractivity (Wildman–Crippen MR) is 75.8 cm³/mol. The van der Waals surface area contributed by atoms with E-state index in [9.17, 15) is 19.7 Å². The summed E-state index contributed by atoms with van der Waals surface area (Å²) in [5.41, 5.74) is -0.0565. The third-order valence-corrected chi connectivity index (χ3v) is 2.81. The number of ether oxygens (including phenoxy) is 1. The number of nitrogens with one attached hydrogen (secondary N) is 1. The number of nitrogens with zero attached hydrogens (tertiary/aromatic N) is 1. The van der Waals surface area contributed by atoms with Gasteiger partial charge >= 0.3 is 5.97 Å². The number of nitro benzene ring substituents is 1. The second-order valence-corrected chi connectivity index (χ2v) is 4.75. The van der Waals surface area contributed by atoms with Crippen molar-refractivity contribution < 1.29 is 19.2 Å². The number of benzene rings is 1. The molecular formula is C14H18N2O5. The topological polar surface area (TPSA) is 98.5 Å². The molecule has 0 aliphatic rings. The number of hydrogen-bond acceptors (Lipinski definition) is 5. The molecule has 0 radical (unpaired) electrons. The highest BCUT2D eigenvalue weighted by molar-refractivity contribution is 5.97. The Morgan fingerprint density at radius 1 is 1.38 bits per heavy atom. The highest BCUT2D eigenvalue weighted by Gasteiger charge is 2.26. The quantitative estimate of drug-likeness (QED) is 0.491. The van der Waals surface area contributed by atoms with Crippen molar-refractivity contribution in [3.63, 3.8) is 0 Å². The summed E-state index contributed by atoms with van der Waals surface area (Å²) in [4.78, 5) is 34.0. The van der Waals surface area contributed by atoms with Crippen LogP contribution in [0, 0.1) is 16.0 Å². The average Bonchev–Trinajstić information content (AvgIpc) is 2.44. The van der Waals surface area contributed by atoms with Gasteiger partial charge in [-0.25, -0.2) is 4.79 Å². The van der Waals surface area contributed by atoms with Crippen molar-refractivity contribution in [2.75, 3.05) is 6.61 Å². The van der Waals surface area contributed by atoms with Gasteiger partial charge in [-0.3, -0.25) is 14.9 Å². The van der Waals surface area contributed by atoms with E-state index in [0.29, 0.717) is 0 Å². The van der Waals surface area contributed by atoms with Crippen LogP contribution in [0.25, 0.3) is 0 Å². The second-order valence-electron chi connectivity index (χ2n) is 4.75. The van der Waals surface area contributed by atoms with Gasteiger partial charge in [-0.2, -0.15) is 0 Å². The standard InChI is InChI=1S/C14H18N2O5/c1-4-21-14(18)12(9(2)3)15-13(17)10-6-5-7-11(8-10)16(19)20/h5-9,12H,4H2,1-3H3,(H,15,17). The fraction of sp³-hybridized carbons (Fsp3) is 0.429. The summed E-state index contributed by atoms with van der Waals surface area (Å²) >= 11 is 0. The van der Waals surface area contributed by atoms with E-state index in [2.05, 4.69) is 5.32 Å². The maximum atomic E-state index is 12.1. The Balaban J connectivity index is 2.89. The highest BCUT2D eigenvalue weighted by Crippen LogP contribution is 2.14. The first-order valence-corrected chi connectivity index (χ1v) is 6.58. The number of hydrogen-bond donors (Lipinski definition) is 1. The third kappa shape index (κ3) is 4.55. The first-order valence-electron chi connectivity index (χ1n) is 6.58. The van der Waals surface area contributed by atoms with Crippen LogP contribution < -0.4 is 5.32 Å². The van der Waals surface area contributed by atoms with E-state index < -0.39 is 22.8 Å². The Morgan fingerprint density at radius 2 is 2.05 bits per heavy atom. The summed E-state index contributed by atoms with van der Waals surface area (Å²) in [6, 6.07) is 4.53. The van der Waals surface area contributed by atoms with E-state index in [-0.39, 0.29) is 23.8 Å². The Hall–Kier alpha value is -2.44. The summed E-state index contributed by atoms with van der Waals surface area (Å²) in [6.07, 6.45) is 0. The number of amides is 1. The monoisotopic (exact) mass is 294 g/mol. The summed E-state index contributed by atoms with van der Waals surface area (Å²) in [6.45, 7) is 5.44. The minimum atomic E-state index is -0.795. The van der Waals surface area contributed by atoms with Crippen molar-refractivity contribution in [2.45, 2.75) is 26.8 Å². The molecule has 0 fully saturated rings. The molecule has 0 saturated heterocycles. The lowest BCUT2D eigenvalue weighted by atomic mass is 10.0. The lowest BCUT2D eigenvalue weighted by Gasteiger charge is -2.20. The molecule has 1 aromatic carbocycles. The van der Waals surface area contributed by atoms with Gasteiger partial charge in [0.25, 0.3) is 11.6 Å². The number of rotatable bonds is 6. The zero-order valence-corrected chi connectivity index (χ0v) is 12.2. The molecule has 1 rings (SSSR count). The first-order chi connectivity index (χ1) is 9.86. The first kappa shape index (κ1) is 16.6. The number of nitro groups is 1. The van der Waals surface area contributed by atoms with Crippen LogP contribution >= 0.6 is 0 Å². The molecule has 114 valence electrons. The van der Waals surface area contributed by atoms with Gasteiger partial charge in [0.2, 0.25) is 0 Å². The van der Waals surface area contributed by atoms with Crippen LogP contribution in [0.3, 0.4) is 0 Å². The fourth-order valence-electron chi connectivity index (χ4n) is 1.72. The van der Waals surface area contributed by atoms with Gasteiger partial charge in [-0.15, -0.1) is 0 Å². The van der Waals surface area contributed by atoms with Crippen LogP contribution in [0.15, 0.2) is 24.3 Å². The number of esters is 1.